The van der Waals surface area contributed by atoms with Gasteiger partial charge in [0.05, 0.1) is 23.9 Å². The van der Waals surface area contributed by atoms with Crippen LogP contribution >= 0.6 is 0 Å². The van der Waals surface area contributed by atoms with Gasteiger partial charge >= 0.3 is 0 Å². The first kappa shape index (κ1) is 14.3. The van der Waals surface area contributed by atoms with Crippen LogP contribution in [0.4, 0.5) is 11.4 Å². The minimum atomic E-state index is -0.471. The van der Waals surface area contributed by atoms with E-state index in [1.165, 1.54) is 31.5 Å². The number of ether oxygens (including phenoxy) is 1. The SMILES string of the molecule is COc1ccc(O)c(C=NNc2ccc([N+](=O)[O-])cc2)c1. The number of non-ortho nitro benzene ring substituents is 1. The molecule has 0 unspecified atom stereocenters. The summed E-state index contributed by atoms with van der Waals surface area (Å²) < 4.78 is 5.05. The Bertz CT molecular complexity index is 668. The molecule has 2 aromatic rings. The first-order valence-electron chi connectivity index (χ1n) is 6.00. The largest absolute Gasteiger partial charge is 0.507 e. The van der Waals surface area contributed by atoms with Crippen LogP contribution in [0.15, 0.2) is 47.6 Å². The van der Waals surface area contributed by atoms with Crippen molar-refractivity contribution >= 4 is 17.6 Å². The van der Waals surface area contributed by atoms with Gasteiger partial charge in [-0.05, 0) is 30.3 Å². The Labute approximate surface area is 120 Å². The number of nitrogens with one attached hydrogen (secondary N) is 1. The van der Waals surface area contributed by atoms with E-state index in [-0.39, 0.29) is 11.4 Å². The molecule has 0 radical (unpaired) electrons. The number of rotatable bonds is 5. The molecule has 0 aliphatic rings. The van der Waals surface area contributed by atoms with Gasteiger partial charge in [0.1, 0.15) is 11.5 Å². The van der Waals surface area contributed by atoms with Crippen LogP contribution in [0.2, 0.25) is 0 Å². The number of methoxy groups -OCH3 is 1. The van der Waals surface area contributed by atoms with E-state index in [2.05, 4.69) is 10.5 Å². The monoisotopic (exact) mass is 287 g/mol. The Morgan fingerprint density at radius 2 is 2.00 bits per heavy atom. The van der Waals surface area contributed by atoms with Gasteiger partial charge in [-0.1, -0.05) is 0 Å². The van der Waals surface area contributed by atoms with Crippen LogP contribution in [-0.2, 0) is 0 Å². The average Bonchev–Trinajstić information content (AvgIpc) is 2.49. The lowest BCUT2D eigenvalue weighted by Crippen LogP contribution is -1.93. The number of phenols is 1. The third kappa shape index (κ3) is 3.69. The van der Waals surface area contributed by atoms with Gasteiger partial charge in [-0.2, -0.15) is 5.10 Å². The lowest BCUT2D eigenvalue weighted by molar-refractivity contribution is -0.384. The van der Waals surface area contributed by atoms with Crippen LogP contribution < -0.4 is 10.2 Å². The van der Waals surface area contributed by atoms with Crippen molar-refractivity contribution in [1.29, 1.82) is 0 Å². The minimum Gasteiger partial charge on any atom is -0.507 e. The number of nitrogens with zero attached hydrogens (tertiary/aromatic N) is 2. The van der Waals surface area contributed by atoms with Crippen molar-refractivity contribution in [1.82, 2.24) is 0 Å². The van der Waals surface area contributed by atoms with Gasteiger partial charge in [-0.25, -0.2) is 0 Å². The predicted molar refractivity (Wildman–Crippen MR) is 79.0 cm³/mol. The number of hydrogen-bond donors (Lipinski definition) is 2. The zero-order valence-corrected chi connectivity index (χ0v) is 11.2. The molecule has 21 heavy (non-hydrogen) atoms. The fourth-order valence-corrected chi connectivity index (χ4v) is 1.60. The molecule has 0 saturated carbocycles. The van der Waals surface area contributed by atoms with Crippen molar-refractivity contribution in [2.45, 2.75) is 0 Å². The van der Waals surface area contributed by atoms with Crippen LogP contribution in [0.1, 0.15) is 5.56 Å². The molecule has 2 rings (SSSR count). The zero-order valence-electron chi connectivity index (χ0n) is 11.2. The second-order valence-electron chi connectivity index (χ2n) is 4.10. The highest BCUT2D eigenvalue weighted by atomic mass is 16.6. The number of benzene rings is 2. The minimum absolute atomic E-state index is 0.00923. The highest BCUT2D eigenvalue weighted by molar-refractivity contribution is 5.84. The molecule has 2 N–H and O–H groups in total. The quantitative estimate of drug-likeness (QED) is 0.500. The first-order chi connectivity index (χ1) is 10.1. The smallest absolute Gasteiger partial charge is 0.269 e. The Balaban J connectivity index is 2.06. The summed E-state index contributed by atoms with van der Waals surface area (Å²) in [7, 11) is 1.53. The second kappa shape index (κ2) is 6.38. The molecule has 0 bridgehead atoms. The molecule has 7 nitrogen and oxygen atoms in total. The summed E-state index contributed by atoms with van der Waals surface area (Å²) in [6, 6.07) is 10.6. The van der Waals surface area contributed by atoms with Crippen molar-refractivity contribution < 1.29 is 14.8 Å². The maximum absolute atomic E-state index is 10.5. The molecular weight excluding hydrogens is 274 g/mol. The topological polar surface area (TPSA) is 97.0 Å². The van der Waals surface area contributed by atoms with E-state index < -0.39 is 4.92 Å². The summed E-state index contributed by atoms with van der Waals surface area (Å²) in [4.78, 5) is 10.1. The summed E-state index contributed by atoms with van der Waals surface area (Å²) in [6.07, 6.45) is 1.43. The molecule has 108 valence electrons. The zero-order chi connectivity index (χ0) is 15.2. The maximum Gasteiger partial charge on any atom is 0.269 e. The van der Waals surface area contributed by atoms with Crippen LogP contribution in [-0.4, -0.2) is 23.4 Å². The molecule has 0 spiro atoms. The van der Waals surface area contributed by atoms with Gasteiger partial charge in [0.15, 0.2) is 0 Å². The number of nitro groups is 1. The highest BCUT2D eigenvalue weighted by Gasteiger charge is 2.03. The maximum atomic E-state index is 10.5. The summed E-state index contributed by atoms with van der Waals surface area (Å²) >= 11 is 0. The number of hydrazone groups is 1. The van der Waals surface area contributed by atoms with Crippen molar-refractivity contribution in [2.24, 2.45) is 5.10 Å². The highest BCUT2D eigenvalue weighted by Crippen LogP contribution is 2.21. The van der Waals surface area contributed by atoms with Crippen LogP contribution in [0.3, 0.4) is 0 Å². The van der Waals surface area contributed by atoms with E-state index in [0.717, 1.165) is 0 Å². The molecule has 0 aliphatic heterocycles. The number of nitro benzene ring substituents is 1. The van der Waals surface area contributed by atoms with Crippen molar-refractivity contribution in [3.05, 3.63) is 58.1 Å². The number of aromatic hydroxyl groups is 1. The van der Waals surface area contributed by atoms with E-state index in [1.54, 1.807) is 24.3 Å². The normalized spacial score (nSPS) is 10.5. The van der Waals surface area contributed by atoms with E-state index in [9.17, 15) is 15.2 Å². The second-order valence-corrected chi connectivity index (χ2v) is 4.10. The van der Waals surface area contributed by atoms with Gasteiger partial charge in [-0.3, -0.25) is 15.5 Å². The van der Waals surface area contributed by atoms with Crippen molar-refractivity contribution in [2.75, 3.05) is 12.5 Å². The molecule has 0 heterocycles. The van der Waals surface area contributed by atoms with Crippen LogP contribution in [0.25, 0.3) is 0 Å². The van der Waals surface area contributed by atoms with Crippen LogP contribution in [0, 0.1) is 10.1 Å². The summed E-state index contributed by atoms with van der Waals surface area (Å²) in [5.41, 5.74) is 3.81. The number of hydrogen-bond acceptors (Lipinski definition) is 6. The van der Waals surface area contributed by atoms with E-state index in [0.29, 0.717) is 17.0 Å². The lowest BCUT2D eigenvalue weighted by Gasteiger charge is -2.03. The third-order valence-electron chi connectivity index (χ3n) is 2.71. The summed E-state index contributed by atoms with van der Waals surface area (Å²) in [6.45, 7) is 0. The molecule has 7 heteroatoms. The predicted octanol–water partition coefficient (Wildman–Crippen LogP) is 2.76. The summed E-state index contributed by atoms with van der Waals surface area (Å²) in [5, 5.41) is 24.2. The fraction of sp³-hybridized carbons (Fsp3) is 0.0714. The Hall–Kier alpha value is -3.09. The molecule has 0 aromatic heterocycles. The molecular formula is C14H13N3O4. The molecule has 0 atom stereocenters. The first-order valence-corrected chi connectivity index (χ1v) is 6.00. The number of phenolic OH excluding ortho intramolecular Hbond substituents is 1. The lowest BCUT2D eigenvalue weighted by atomic mass is 10.2. The average molecular weight is 287 g/mol. The Morgan fingerprint density at radius 3 is 2.62 bits per heavy atom. The summed E-state index contributed by atoms with van der Waals surface area (Å²) in [5.74, 6) is 0.676. The standard InChI is InChI=1S/C14H13N3O4/c1-21-13-6-7-14(18)10(8-13)9-15-16-11-2-4-12(5-3-11)17(19)20/h2-9,16,18H,1H3. The third-order valence-corrected chi connectivity index (χ3v) is 2.71. The van der Waals surface area contributed by atoms with E-state index in [1.807, 2.05) is 0 Å². The molecule has 2 aromatic carbocycles. The van der Waals surface area contributed by atoms with Gasteiger partial charge in [-0.15, -0.1) is 0 Å². The molecule has 0 fully saturated rings. The van der Waals surface area contributed by atoms with Gasteiger partial charge < -0.3 is 9.84 Å². The molecule has 0 aliphatic carbocycles. The van der Waals surface area contributed by atoms with Gasteiger partial charge in [0.25, 0.3) is 5.69 Å². The Morgan fingerprint density at radius 1 is 1.29 bits per heavy atom. The molecule has 0 saturated heterocycles. The van der Waals surface area contributed by atoms with Gasteiger partial charge in [0, 0.05) is 17.7 Å². The fourth-order valence-electron chi connectivity index (χ4n) is 1.60. The van der Waals surface area contributed by atoms with E-state index >= 15 is 0 Å². The van der Waals surface area contributed by atoms with Crippen molar-refractivity contribution in [3.63, 3.8) is 0 Å². The Kier molecular flexibility index (Phi) is 4.35. The van der Waals surface area contributed by atoms with Gasteiger partial charge in [0.2, 0.25) is 0 Å². The molecule has 0 amide bonds. The van der Waals surface area contributed by atoms with Crippen LogP contribution in [0.5, 0.6) is 11.5 Å². The number of anilines is 1. The van der Waals surface area contributed by atoms with Crippen molar-refractivity contribution in [3.8, 4) is 11.5 Å². The van der Waals surface area contributed by atoms with E-state index in [4.69, 9.17) is 4.74 Å².